The van der Waals surface area contributed by atoms with Crippen molar-refractivity contribution in [3.8, 4) is 6.07 Å². The molecule has 11 heteroatoms. The second-order valence-corrected chi connectivity index (χ2v) is 11.0. The fourth-order valence-corrected chi connectivity index (χ4v) is 5.40. The van der Waals surface area contributed by atoms with Crippen LogP contribution < -0.4 is 5.32 Å². The Balaban J connectivity index is 1.36. The Morgan fingerprint density at radius 3 is 2.55 bits per heavy atom. The van der Waals surface area contributed by atoms with E-state index in [4.69, 9.17) is 9.47 Å². The molecule has 3 N–H and O–H groups in total. The van der Waals surface area contributed by atoms with E-state index in [-0.39, 0.29) is 36.7 Å². The number of amides is 2. The zero-order chi connectivity index (χ0) is 27.3. The van der Waals surface area contributed by atoms with Crippen molar-refractivity contribution in [2.24, 2.45) is 0 Å². The van der Waals surface area contributed by atoms with Gasteiger partial charge in [0.25, 0.3) is 5.91 Å². The van der Waals surface area contributed by atoms with E-state index < -0.39 is 30.8 Å². The Kier molecular flexibility index (Phi) is 9.10. The third-order valence-electron chi connectivity index (χ3n) is 7.57. The van der Waals surface area contributed by atoms with Crippen LogP contribution in [-0.2, 0) is 20.7 Å². The molecule has 4 heterocycles. The molecule has 204 valence electrons. The van der Waals surface area contributed by atoms with Gasteiger partial charge in [-0.25, -0.2) is 4.79 Å². The molecule has 0 radical (unpaired) electrons. The van der Waals surface area contributed by atoms with Gasteiger partial charge in [-0.15, -0.1) is 0 Å². The molecule has 4 aliphatic heterocycles. The van der Waals surface area contributed by atoms with Crippen LogP contribution in [0.5, 0.6) is 0 Å². The van der Waals surface area contributed by atoms with Crippen LogP contribution in [0.25, 0.3) is 0 Å². The zero-order valence-electron chi connectivity index (χ0n) is 22.1. The number of hydrogen-bond donors (Lipinski definition) is 3. The van der Waals surface area contributed by atoms with Crippen LogP contribution in [0.2, 0.25) is 0 Å². The van der Waals surface area contributed by atoms with Gasteiger partial charge in [0.05, 0.1) is 24.7 Å². The van der Waals surface area contributed by atoms with Crippen LogP contribution in [0.3, 0.4) is 0 Å². The third kappa shape index (κ3) is 7.14. The van der Waals surface area contributed by atoms with Crippen LogP contribution in [0.4, 0.5) is 4.79 Å². The number of nitrogens with zero attached hydrogens (tertiary/aromatic N) is 3. The van der Waals surface area contributed by atoms with Gasteiger partial charge in [0.2, 0.25) is 0 Å². The third-order valence-corrected chi connectivity index (χ3v) is 7.57. The maximum Gasteiger partial charge on any atom is 0.475 e. The molecule has 2 bridgehead atoms. The number of alkyl carbamates (subject to hydrolysis) is 1. The summed E-state index contributed by atoms with van der Waals surface area (Å²) in [6.45, 7) is 6.18. The van der Waals surface area contributed by atoms with Crippen molar-refractivity contribution in [2.75, 3.05) is 26.2 Å². The van der Waals surface area contributed by atoms with E-state index in [2.05, 4.69) is 16.3 Å². The predicted octanol–water partition coefficient (Wildman–Crippen LogP) is 1.42. The summed E-state index contributed by atoms with van der Waals surface area (Å²) >= 11 is 0. The Morgan fingerprint density at radius 1 is 1.24 bits per heavy atom. The number of benzene rings is 1. The van der Waals surface area contributed by atoms with E-state index in [1.54, 1.807) is 11.0 Å². The largest absolute Gasteiger partial charge is 0.475 e. The number of piperidine rings is 1. The highest BCUT2D eigenvalue weighted by atomic mass is 16.6. The van der Waals surface area contributed by atoms with E-state index in [0.29, 0.717) is 13.0 Å². The molecule has 4 atom stereocenters. The summed E-state index contributed by atoms with van der Waals surface area (Å²) in [6.07, 6.45) is 4.16. The highest BCUT2D eigenvalue weighted by Gasteiger charge is 2.43. The van der Waals surface area contributed by atoms with Crippen LogP contribution in [0, 0.1) is 11.3 Å². The molecule has 1 aromatic rings. The van der Waals surface area contributed by atoms with Crippen LogP contribution in [0.15, 0.2) is 42.0 Å². The molecular formula is C27H37BN4O6. The van der Waals surface area contributed by atoms with Crippen molar-refractivity contribution in [1.29, 1.82) is 5.26 Å². The number of nitriles is 1. The molecule has 2 unspecified atom stereocenters. The quantitative estimate of drug-likeness (QED) is 0.264. The normalized spacial score (nSPS) is 24.9. The molecule has 4 aliphatic rings. The SMILES string of the molecule is CC(C)(C=C(C#N)C(=O)N1CCCC[C@@H](OC(=O)N[C@@H](Cc2ccccc2)B(O)O)C1)N1CC2CC(C1)O2. The summed E-state index contributed by atoms with van der Waals surface area (Å²) in [5.41, 5.74) is 0.429. The van der Waals surface area contributed by atoms with Gasteiger partial charge in [0.1, 0.15) is 17.7 Å². The smallest absolute Gasteiger partial charge is 0.444 e. The number of fused-ring (bicyclic) bond motifs is 2. The molecule has 5 rings (SSSR count). The first-order valence-corrected chi connectivity index (χ1v) is 13.3. The minimum absolute atomic E-state index is 0.0756. The summed E-state index contributed by atoms with van der Waals surface area (Å²) in [7, 11) is -1.76. The monoisotopic (exact) mass is 524 g/mol. The van der Waals surface area contributed by atoms with Crippen LogP contribution in [-0.4, -0.2) is 94.9 Å². The number of nitrogens with one attached hydrogen (secondary N) is 1. The molecule has 2 amide bonds. The van der Waals surface area contributed by atoms with Gasteiger partial charge < -0.3 is 29.7 Å². The van der Waals surface area contributed by atoms with Gasteiger partial charge >= 0.3 is 13.2 Å². The minimum atomic E-state index is -1.76. The number of hydrogen-bond acceptors (Lipinski definition) is 8. The predicted molar refractivity (Wildman–Crippen MR) is 141 cm³/mol. The fraction of sp³-hybridized carbons (Fsp3) is 0.593. The molecule has 1 aromatic carbocycles. The van der Waals surface area contributed by atoms with Gasteiger partial charge in [0, 0.05) is 31.6 Å². The molecule has 4 saturated heterocycles. The highest BCUT2D eigenvalue weighted by Crippen LogP contribution is 2.33. The maximum atomic E-state index is 13.4. The molecule has 0 aliphatic carbocycles. The average molecular weight is 524 g/mol. The first kappa shape index (κ1) is 28.1. The lowest BCUT2D eigenvalue weighted by Crippen LogP contribution is -2.62. The molecule has 0 saturated carbocycles. The number of ether oxygens (including phenoxy) is 2. The second kappa shape index (κ2) is 12.3. The van der Waals surface area contributed by atoms with Crippen LogP contribution >= 0.6 is 0 Å². The minimum Gasteiger partial charge on any atom is -0.444 e. The topological polar surface area (TPSA) is 135 Å². The summed E-state index contributed by atoms with van der Waals surface area (Å²) in [5, 5.41) is 31.9. The van der Waals surface area contributed by atoms with E-state index in [9.17, 15) is 24.9 Å². The van der Waals surface area contributed by atoms with Gasteiger partial charge in [-0.1, -0.05) is 30.3 Å². The first-order chi connectivity index (χ1) is 18.1. The molecule has 4 fully saturated rings. The lowest BCUT2D eigenvalue weighted by Gasteiger charge is -2.51. The summed E-state index contributed by atoms with van der Waals surface area (Å²) in [4.78, 5) is 29.9. The molecular weight excluding hydrogens is 487 g/mol. The van der Waals surface area contributed by atoms with Gasteiger partial charge in [0.15, 0.2) is 0 Å². The van der Waals surface area contributed by atoms with Crippen molar-refractivity contribution in [3.63, 3.8) is 0 Å². The lowest BCUT2D eigenvalue weighted by molar-refractivity contribution is -0.192. The van der Waals surface area contributed by atoms with Crippen molar-refractivity contribution in [3.05, 3.63) is 47.5 Å². The van der Waals surface area contributed by atoms with Crippen LogP contribution in [0.1, 0.15) is 45.1 Å². The van der Waals surface area contributed by atoms with Crippen molar-refractivity contribution in [1.82, 2.24) is 15.1 Å². The Bertz CT molecular complexity index is 1040. The summed E-state index contributed by atoms with van der Waals surface area (Å²) < 4.78 is 11.3. The number of carbonyl (C=O) groups excluding carboxylic acids is 2. The van der Waals surface area contributed by atoms with Gasteiger partial charge in [-0.3, -0.25) is 9.69 Å². The molecule has 10 nitrogen and oxygen atoms in total. The Labute approximate surface area is 224 Å². The van der Waals surface area contributed by atoms with E-state index in [1.807, 2.05) is 44.2 Å². The lowest BCUT2D eigenvalue weighted by atomic mass is 9.76. The second-order valence-electron chi connectivity index (χ2n) is 11.0. The number of carbonyl (C=O) groups is 2. The molecule has 0 spiro atoms. The van der Waals surface area contributed by atoms with Crippen molar-refractivity contribution in [2.45, 2.75) is 75.7 Å². The van der Waals surface area contributed by atoms with E-state index in [0.717, 1.165) is 37.9 Å². The average Bonchev–Trinajstić information content (AvgIpc) is 3.12. The standard InChI is InChI=1S/C27H37BN4O6/c1-27(2,32-17-22-13-23(18-32)37-22)14-20(15-29)25(33)31-11-7-6-10-21(16-31)38-26(34)30-24(28(35)36)12-19-8-4-3-5-9-19/h3-5,8-9,14,21-24,35-36H,6-7,10-13,16-18H2,1-2H3,(H,30,34)/t21-,22?,23?,24+/m1/s1. The Hall–Kier alpha value is -2.91. The molecule has 0 aromatic heterocycles. The van der Waals surface area contributed by atoms with Crippen molar-refractivity contribution < 1.29 is 29.1 Å². The fourth-order valence-electron chi connectivity index (χ4n) is 5.40. The number of likely N-dealkylation sites (tertiary alicyclic amines) is 1. The number of morpholine rings is 1. The van der Waals surface area contributed by atoms with E-state index >= 15 is 0 Å². The van der Waals surface area contributed by atoms with E-state index in [1.165, 1.54) is 0 Å². The zero-order valence-corrected chi connectivity index (χ0v) is 22.1. The Morgan fingerprint density at radius 2 is 1.92 bits per heavy atom. The highest BCUT2D eigenvalue weighted by molar-refractivity contribution is 6.43. The molecule has 38 heavy (non-hydrogen) atoms. The first-order valence-electron chi connectivity index (χ1n) is 13.3. The number of rotatable bonds is 8. The van der Waals surface area contributed by atoms with Gasteiger partial charge in [-0.2, -0.15) is 5.26 Å². The van der Waals surface area contributed by atoms with Gasteiger partial charge in [-0.05, 0) is 51.2 Å². The summed E-state index contributed by atoms with van der Waals surface area (Å²) in [5.74, 6) is -1.32. The maximum absolute atomic E-state index is 13.4. The van der Waals surface area contributed by atoms with Crippen molar-refractivity contribution >= 4 is 19.1 Å². The summed E-state index contributed by atoms with van der Waals surface area (Å²) in [6, 6.07) is 11.3.